The molecule has 0 saturated carbocycles. The quantitative estimate of drug-likeness (QED) is 0.645. The van der Waals surface area contributed by atoms with Crippen molar-refractivity contribution in [2.75, 3.05) is 0 Å². The predicted octanol–water partition coefficient (Wildman–Crippen LogP) is 5.39. The molecule has 0 spiro atoms. The lowest BCUT2D eigenvalue weighted by molar-refractivity contribution is 0.608. The zero-order valence-corrected chi connectivity index (χ0v) is 12.5. The van der Waals surface area contributed by atoms with Gasteiger partial charge in [-0.1, -0.05) is 41.5 Å². The molecule has 0 aliphatic carbocycles. The second-order valence-electron chi connectivity index (χ2n) is 5.25. The number of alkyl halides is 1. The van der Waals surface area contributed by atoms with Crippen LogP contribution in [0, 0.1) is 33.5 Å². The van der Waals surface area contributed by atoms with E-state index in [0.29, 0.717) is 11.1 Å². The first-order valence-corrected chi connectivity index (χ1v) is 6.81. The van der Waals surface area contributed by atoms with Gasteiger partial charge >= 0.3 is 0 Å². The molecule has 100 valence electrons. The van der Waals surface area contributed by atoms with Crippen molar-refractivity contribution in [2.24, 2.45) is 0 Å². The molecule has 2 aromatic rings. The second kappa shape index (κ2) is 5.34. The fraction of sp³-hybridized carbons (Fsp3) is 0.294. The standard InChI is InChI=1S/C17H18ClF/c1-10-5-11(2)7-14(6-10)16(18)15-8-12(3)17(19)13(4)9-15/h5-9,16H,1-4H3. The highest BCUT2D eigenvalue weighted by Gasteiger charge is 2.14. The van der Waals surface area contributed by atoms with Crippen LogP contribution in [0.2, 0.25) is 0 Å². The van der Waals surface area contributed by atoms with Gasteiger partial charge in [-0.2, -0.15) is 0 Å². The molecule has 0 aliphatic rings. The molecule has 0 aromatic heterocycles. The van der Waals surface area contributed by atoms with Crippen LogP contribution in [0.1, 0.15) is 38.8 Å². The van der Waals surface area contributed by atoms with Gasteiger partial charge in [0, 0.05) is 0 Å². The van der Waals surface area contributed by atoms with E-state index in [2.05, 4.69) is 32.0 Å². The molecule has 2 aromatic carbocycles. The Hall–Kier alpha value is -1.34. The molecule has 0 nitrogen and oxygen atoms in total. The molecular weight excluding hydrogens is 259 g/mol. The maximum Gasteiger partial charge on any atom is 0.129 e. The molecule has 1 unspecified atom stereocenters. The van der Waals surface area contributed by atoms with E-state index >= 15 is 0 Å². The van der Waals surface area contributed by atoms with E-state index in [4.69, 9.17) is 11.6 Å². The number of aryl methyl sites for hydroxylation is 4. The van der Waals surface area contributed by atoms with Gasteiger partial charge in [-0.3, -0.25) is 0 Å². The van der Waals surface area contributed by atoms with E-state index in [9.17, 15) is 4.39 Å². The Kier molecular flexibility index (Phi) is 3.96. The maximum atomic E-state index is 13.7. The van der Waals surface area contributed by atoms with Crippen LogP contribution < -0.4 is 0 Å². The summed E-state index contributed by atoms with van der Waals surface area (Å²) in [5.41, 5.74) is 5.68. The van der Waals surface area contributed by atoms with Gasteiger partial charge in [-0.15, -0.1) is 11.6 Å². The van der Waals surface area contributed by atoms with Crippen molar-refractivity contribution in [3.8, 4) is 0 Å². The SMILES string of the molecule is Cc1cc(C)cc(C(Cl)c2cc(C)c(F)c(C)c2)c1. The number of rotatable bonds is 2. The molecule has 19 heavy (non-hydrogen) atoms. The average Bonchev–Trinajstić information content (AvgIpc) is 2.33. The lowest BCUT2D eigenvalue weighted by Crippen LogP contribution is -1.98. The second-order valence-corrected chi connectivity index (χ2v) is 5.69. The first kappa shape index (κ1) is 14.1. The molecule has 0 N–H and O–H groups in total. The van der Waals surface area contributed by atoms with Crippen molar-refractivity contribution in [2.45, 2.75) is 33.1 Å². The van der Waals surface area contributed by atoms with Crippen LogP contribution in [0.5, 0.6) is 0 Å². The Morgan fingerprint density at radius 3 is 1.68 bits per heavy atom. The highest BCUT2D eigenvalue weighted by molar-refractivity contribution is 6.22. The minimum Gasteiger partial charge on any atom is -0.206 e. The summed E-state index contributed by atoms with van der Waals surface area (Å²) in [4.78, 5) is 0. The van der Waals surface area contributed by atoms with E-state index in [0.717, 1.165) is 11.1 Å². The van der Waals surface area contributed by atoms with Crippen molar-refractivity contribution in [1.29, 1.82) is 0 Å². The molecule has 2 rings (SSSR count). The summed E-state index contributed by atoms with van der Waals surface area (Å²) >= 11 is 6.55. The van der Waals surface area contributed by atoms with Gasteiger partial charge in [0.1, 0.15) is 5.82 Å². The Balaban J connectivity index is 2.46. The first-order chi connectivity index (χ1) is 8.88. The number of hydrogen-bond donors (Lipinski definition) is 0. The third-order valence-corrected chi connectivity index (χ3v) is 3.79. The summed E-state index contributed by atoms with van der Waals surface area (Å²) in [5, 5.41) is -0.239. The molecule has 2 heteroatoms. The van der Waals surface area contributed by atoms with Crippen LogP contribution in [0.3, 0.4) is 0 Å². The number of benzene rings is 2. The minimum atomic E-state index is -0.239. The molecule has 0 fully saturated rings. The Morgan fingerprint density at radius 2 is 1.21 bits per heavy atom. The lowest BCUT2D eigenvalue weighted by atomic mass is 9.97. The largest absolute Gasteiger partial charge is 0.206 e. The van der Waals surface area contributed by atoms with Gasteiger partial charge in [0.05, 0.1) is 5.38 Å². The van der Waals surface area contributed by atoms with Crippen molar-refractivity contribution >= 4 is 11.6 Å². The Morgan fingerprint density at radius 1 is 0.789 bits per heavy atom. The maximum absolute atomic E-state index is 13.7. The van der Waals surface area contributed by atoms with Crippen LogP contribution in [0.4, 0.5) is 4.39 Å². The smallest absolute Gasteiger partial charge is 0.129 e. The van der Waals surface area contributed by atoms with E-state index in [1.807, 2.05) is 12.1 Å². The summed E-state index contributed by atoms with van der Waals surface area (Å²) < 4.78 is 13.7. The molecule has 0 radical (unpaired) electrons. The predicted molar refractivity (Wildman–Crippen MR) is 79.5 cm³/mol. The van der Waals surface area contributed by atoms with Gasteiger partial charge in [0.15, 0.2) is 0 Å². The summed E-state index contributed by atoms with van der Waals surface area (Å²) in [7, 11) is 0. The first-order valence-electron chi connectivity index (χ1n) is 6.37. The molecule has 1 atom stereocenters. The normalized spacial score (nSPS) is 12.5. The van der Waals surface area contributed by atoms with Gasteiger partial charge < -0.3 is 0 Å². The molecule has 0 amide bonds. The molecule has 0 bridgehead atoms. The third-order valence-electron chi connectivity index (χ3n) is 3.29. The molecule has 0 heterocycles. The van der Waals surface area contributed by atoms with Crippen LogP contribution in [0.25, 0.3) is 0 Å². The molecule has 0 aliphatic heterocycles. The highest BCUT2D eigenvalue weighted by atomic mass is 35.5. The van der Waals surface area contributed by atoms with Crippen molar-refractivity contribution in [3.05, 3.63) is 69.5 Å². The van der Waals surface area contributed by atoms with E-state index < -0.39 is 0 Å². The van der Waals surface area contributed by atoms with Crippen LogP contribution in [-0.4, -0.2) is 0 Å². The van der Waals surface area contributed by atoms with E-state index in [1.165, 1.54) is 11.1 Å². The fourth-order valence-corrected chi connectivity index (χ4v) is 2.73. The van der Waals surface area contributed by atoms with Crippen LogP contribution >= 0.6 is 11.6 Å². The van der Waals surface area contributed by atoms with E-state index in [-0.39, 0.29) is 11.2 Å². The van der Waals surface area contributed by atoms with Crippen molar-refractivity contribution < 1.29 is 4.39 Å². The zero-order valence-electron chi connectivity index (χ0n) is 11.7. The summed E-state index contributed by atoms with van der Waals surface area (Å²) in [6.45, 7) is 7.66. The average molecular weight is 277 g/mol. The summed E-state index contributed by atoms with van der Waals surface area (Å²) in [5.74, 6) is -0.145. The Bertz CT molecular complexity index is 573. The Labute approximate surface area is 119 Å². The fourth-order valence-electron chi connectivity index (χ4n) is 2.47. The van der Waals surface area contributed by atoms with Gasteiger partial charge in [-0.25, -0.2) is 4.39 Å². The highest BCUT2D eigenvalue weighted by Crippen LogP contribution is 2.32. The summed E-state index contributed by atoms with van der Waals surface area (Å²) in [6.07, 6.45) is 0. The monoisotopic (exact) mass is 276 g/mol. The van der Waals surface area contributed by atoms with Crippen molar-refractivity contribution in [3.63, 3.8) is 0 Å². The minimum absolute atomic E-state index is 0.145. The van der Waals surface area contributed by atoms with Crippen molar-refractivity contribution in [1.82, 2.24) is 0 Å². The van der Waals surface area contributed by atoms with Gasteiger partial charge in [-0.05, 0) is 49.9 Å². The summed E-state index contributed by atoms with van der Waals surface area (Å²) in [6, 6.07) is 9.95. The lowest BCUT2D eigenvalue weighted by Gasteiger charge is -2.14. The number of hydrogen-bond acceptors (Lipinski definition) is 0. The van der Waals surface area contributed by atoms with Crippen LogP contribution in [0.15, 0.2) is 30.3 Å². The molecular formula is C17H18ClF. The number of halogens is 2. The van der Waals surface area contributed by atoms with Crippen LogP contribution in [-0.2, 0) is 0 Å². The topological polar surface area (TPSA) is 0 Å². The zero-order chi connectivity index (χ0) is 14.2. The molecule has 0 saturated heterocycles. The van der Waals surface area contributed by atoms with E-state index in [1.54, 1.807) is 13.8 Å². The van der Waals surface area contributed by atoms with Gasteiger partial charge in [0.25, 0.3) is 0 Å². The van der Waals surface area contributed by atoms with Gasteiger partial charge in [0.2, 0.25) is 0 Å². The third kappa shape index (κ3) is 2.98.